The average molecular weight is 340 g/mol. The zero-order valence-corrected chi connectivity index (χ0v) is 15.6. The van der Waals surface area contributed by atoms with Crippen molar-refractivity contribution in [2.45, 2.75) is 66.3 Å². The first-order valence-corrected chi connectivity index (χ1v) is 8.66. The minimum absolute atomic E-state index is 0.0462. The van der Waals surface area contributed by atoms with E-state index in [0.29, 0.717) is 0 Å². The van der Waals surface area contributed by atoms with Crippen molar-refractivity contribution in [3.05, 3.63) is 29.8 Å². The van der Waals surface area contributed by atoms with Gasteiger partial charge in [0.2, 0.25) is 0 Å². The van der Waals surface area contributed by atoms with Gasteiger partial charge in [-0.25, -0.2) is 13.4 Å². The molecule has 0 aliphatic heterocycles. The maximum Gasteiger partial charge on any atom is 0.418 e. The van der Waals surface area contributed by atoms with Crippen LogP contribution in [0.1, 0.15) is 47.1 Å². The number of nitrogens with zero attached hydrogens (tertiary/aromatic N) is 2. The van der Waals surface area contributed by atoms with E-state index >= 15 is 0 Å². The fourth-order valence-corrected chi connectivity index (χ4v) is 3.06. The van der Waals surface area contributed by atoms with E-state index in [1.54, 1.807) is 0 Å². The molecule has 0 fully saturated rings. The van der Waals surface area contributed by atoms with Gasteiger partial charge >= 0.3 is 6.09 Å². The van der Waals surface area contributed by atoms with E-state index in [9.17, 15) is 9.90 Å². The van der Waals surface area contributed by atoms with Crippen molar-refractivity contribution in [2.75, 3.05) is 0 Å². The Labute approximate surface area is 143 Å². The van der Waals surface area contributed by atoms with Gasteiger partial charge in [-0.3, -0.25) is 0 Å². The summed E-state index contributed by atoms with van der Waals surface area (Å²) >= 11 is 1.25. The van der Waals surface area contributed by atoms with E-state index in [1.807, 2.05) is 38.1 Å². The highest BCUT2D eigenvalue weighted by atomic mass is 32.2. The second-order valence-corrected chi connectivity index (χ2v) is 7.25. The Morgan fingerprint density at radius 3 is 2.17 bits per heavy atom. The quantitative estimate of drug-likeness (QED) is 0.699. The summed E-state index contributed by atoms with van der Waals surface area (Å²) in [6.07, 6.45) is -0.912. The van der Waals surface area contributed by atoms with Crippen molar-refractivity contribution < 1.29 is 14.6 Å². The van der Waals surface area contributed by atoms with E-state index in [4.69, 9.17) is 4.74 Å². The predicted molar refractivity (Wildman–Crippen MR) is 95.5 cm³/mol. The third-order valence-electron chi connectivity index (χ3n) is 3.07. The molecule has 1 N–H and O–H groups in total. The van der Waals surface area contributed by atoms with Crippen molar-refractivity contribution in [2.24, 2.45) is 0 Å². The highest BCUT2D eigenvalue weighted by Gasteiger charge is 2.23. The minimum Gasteiger partial charge on any atom is -0.491 e. The van der Waals surface area contributed by atoms with E-state index in [2.05, 4.69) is 32.0 Å². The number of ether oxygens (including phenoxy) is 1. The average Bonchev–Trinajstić information content (AvgIpc) is 2.43. The first-order valence-electron chi connectivity index (χ1n) is 7.93. The molecule has 0 aliphatic rings. The molecule has 23 heavy (non-hydrogen) atoms. The summed E-state index contributed by atoms with van der Waals surface area (Å²) < 4.78 is 9.20. The molecule has 0 saturated carbocycles. The van der Waals surface area contributed by atoms with Crippen LogP contribution in [0.4, 0.5) is 4.79 Å². The van der Waals surface area contributed by atoms with Crippen molar-refractivity contribution >= 4 is 18.2 Å². The number of carboxylic acid groups (broad SMARTS) is 1. The number of para-hydroxylation sites is 1. The Hall–Kier alpha value is -1.40. The van der Waals surface area contributed by atoms with Crippen LogP contribution in [0.3, 0.4) is 0 Å². The molecular formula is C17H28N2O3S. The number of hydrogen-bond acceptors (Lipinski definition) is 4. The molecular weight excluding hydrogens is 312 g/mol. The van der Waals surface area contributed by atoms with Crippen LogP contribution in [-0.4, -0.2) is 38.0 Å². The molecule has 5 nitrogen and oxygen atoms in total. The maximum atomic E-state index is 11.7. The van der Waals surface area contributed by atoms with Crippen LogP contribution in [0.15, 0.2) is 24.3 Å². The molecule has 1 amide bonds. The van der Waals surface area contributed by atoms with Gasteiger partial charge in [-0.2, -0.15) is 0 Å². The molecule has 1 aromatic carbocycles. The maximum absolute atomic E-state index is 11.7. The van der Waals surface area contributed by atoms with Crippen LogP contribution in [0, 0.1) is 0 Å². The standard InChI is InChI=1S/C17H28N2O3S/c1-12(2)19(13(3)4)23-18(17(20)21)11-15-9-7-8-10-16(15)22-14(5)6/h7-10,12-14H,11H2,1-6H3,(H,20,21). The number of hydrogen-bond donors (Lipinski definition) is 1. The second-order valence-electron chi connectivity index (χ2n) is 6.22. The molecule has 130 valence electrons. The van der Waals surface area contributed by atoms with Crippen LogP contribution in [0.5, 0.6) is 5.75 Å². The van der Waals surface area contributed by atoms with Gasteiger partial charge in [-0.15, -0.1) is 0 Å². The minimum atomic E-state index is -0.958. The van der Waals surface area contributed by atoms with Crippen LogP contribution >= 0.6 is 12.1 Å². The smallest absolute Gasteiger partial charge is 0.418 e. The second kappa shape index (κ2) is 9.03. The molecule has 1 aromatic rings. The van der Waals surface area contributed by atoms with E-state index in [0.717, 1.165) is 11.3 Å². The van der Waals surface area contributed by atoms with E-state index in [1.165, 1.54) is 16.4 Å². The summed E-state index contributed by atoms with van der Waals surface area (Å²) in [6, 6.07) is 8.06. The summed E-state index contributed by atoms with van der Waals surface area (Å²) in [7, 11) is 0. The van der Waals surface area contributed by atoms with Gasteiger partial charge in [0.1, 0.15) is 5.75 Å². The Kier molecular flexibility index (Phi) is 7.72. The van der Waals surface area contributed by atoms with Crippen LogP contribution in [0.2, 0.25) is 0 Å². The lowest BCUT2D eigenvalue weighted by Crippen LogP contribution is -2.36. The van der Waals surface area contributed by atoms with Crippen molar-refractivity contribution in [1.82, 2.24) is 8.61 Å². The molecule has 0 saturated heterocycles. The molecule has 0 atom stereocenters. The summed E-state index contributed by atoms with van der Waals surface area (Å²) in [4.78, 5) is 11.7. The van der Waals surface area contributed by atoms with Crippen LogP contribution in [-0.2, 0) is 6.54 Å². The normalized spacial score (nSPS) is 11.6. The molecule has 0 spiro atoms. The molecule has 0 unspecified atom stereocenters. The van der Waals surface area contributed by atoms with Gasteiger partial charge in [-0.1, -0.05) is 18.2 Å². The summed E-state index contributed by atoms with van der Waals surface area (Å²) in [6.45, 7) is 12.4. The first kappa shape index (κ1) is 19.6. The zero-order chi connectivity index (χ0) is 17.6. The Morgan fingerprint density at radius 1 is 1.13 bits per heavy atom. The van der Waals surface area contributed by atoms with E-state index in [-0.39, 0.29) is 24.7 Å². The molecule has 0 radical (unpaired) electrons. The van der Waals surface area contributed by atoms with Crippen LogP contribution in [0.25, 0.3) is 0 Å². The van der Waals surface area contributed by atoms with Crippen LogP contribution < -0.4 is 4.74 Å². The third kappa shape index (κ3) is 6.31. The van der Waals surface area contributed by atoms with Crippen molar-refractivity contribution in [1.29, 1.82) is 0 Å². The third-order valence-corrected chi connectivity index (χ3v) is 4.59. The Balaban J connectivity index is 2.94. The molecule has 1 rings (SSSR count). The van der Waals surface area contributed by atoms with Gasteiger partial charge in [-0.05, 0) is 47.6 Å². The monoisotopic (exact) mass is 340 g/mol. The van der Waals surface area contributed by atoms with Crippen molar-refractivity contribution in [3.8, 4) is 5.75 Å². The largest absolute Gasteiger partial charge is 0.491 e. The van der Waals surface area contributed by atoms with Gasteiger partial charge in [0, 0.05) is 29.8 Å². The number of amides is 1. The topological polar surface area (TPSA) is 53.0 Å². The summed E-state index contributed by atoms with van der Waals surface area (Å²) in [5.41, 5.74) is 0.864. The van der Waals surface area contributed by atoms with E-state index < -0.39 is 6.09 Å². The van der Waals surface area contributed by atoms with Crippen molar-refractivity contribution in [3.63, 3.8) is 0 Å². The number of benzene rings is 1. The SMILES string of the molecule is CC(C)Oc1ccccc1CN(SN(C(C)C)C(C)C)C(=O)O. The highest BCUT2D eigenvalue weighted by Crippen LogP contribution is 2.28. The molecule has 6 heteroatoms. The molecule has 0 heterocycles. The Morgan fingerprint density at radius 2 is 1.70 bits per heavy atom. The lowest BCUT2D eigenvalue weighted by molar-refractivity contribution is 0.170. The fourth-order valence-electron chi connectivity index (χ4n) is 2.19. The lowest BCUT2D eigenvalue weighted by atomic mass is 10.2. The zero-order valence-electron chi connectivity index (χ0n) is 14.8. The molecule has 0 bridgehead atoms. The predicted octanol–water partition coefficient (Wildman–Crippen LogP) is 4.64. The summed E-state index contributed by atoms with van der Waals surface area (Å²) in [5.74, 6) is 0.731. The number of carbonyl (C=O) groups is 1. The number of rotatable bonds is 8. The van der Waals surface area contributed by atoms with Gasteiger partial charge < -0.3 is 9.84 Å². The van der Waals surface area contributed by atoms with Gasteiger partial charge in [0.05, 0.1) is 12.6 Å². The molecule has 0 aromatic heterocycles. The molecule has 0 aliphatic carbocycles. The Bertz CT molecular complexity index is 498. The summed E-state index contributed by atoms with van der Waals surface area (Å²) in [5, 5.41) is 9.56. The highest BCUT2D eigenvalue weighted by molar-refractivity contribution is 7.95. The first-order chi connectivity index (χ1) is 10.7. The van der Waals surface area contributed by atoms with Gasteiger partial charge in [0.15, 0.2) is 0 Å². The fraction of sp³-hybridized carbons (Fsp3) is 0.588. The lowest BCUT2D eigenvalue weighted by Gasteiger charge is -2.32. The van der Waals surface area contributed by atoms with Gasteiger partial charge in [0.25, 0.3) is 0 Å².